The maximum absolute atomic E-state index is 13.9. The fourth-order valence-electron chi connectivity index (χ4n) is 1.61. The number of carbonyl (C=O) groups is 1. The van der Waals surface area contributed by atoms with Gasteiger partial charge in [0.15, 0.2) is 6.29 Å². The van der Waals surface area contributed by atoms with Crippen molar-refractivity contribution >= 4 is 12.0 Å². The minimum absolute atomic E-state index is 0.262. The Hall–Kier alpha value is -1.42. The van der Waals surface area contributed by atoms with Crippen molar-refractivity contribution in [3.8, 4) is 0 Å². The van der Waals surface area contributed by atoms with Crippen LogP contribution in [0, 0.1) is 5.82 Å². The average Bonchev–Trinajstić information content (AvgIpc) is 2.29. The largest absolute Gasteiger partial charge is 0.399 e. The SMILES string of the molecule is CC.CN(C)C(C)(C)c1c(F)cc(N)cc1C=O. The Balaban J connectivity index is 0.00000137. The van der Waals surface area contributed by atoms with E-state index in [0.717, 1.165) is 0 Å². The summed E-state index contributed by atoms with van der Waals surface area (Å²) < 4.78 is 13.9. The van der Waals surface area contributed by atoms with Crippen LogP contribution in [-0.2, 0) is 5.54 Å². The monoisotopic (exact) mass is 254 g/mol. The topological polar surface area (TPSA) is 46.3 Å². The number of benzene rings is 1. The molecule has 2 N–H and O–H groups in total. The van der Waals surface area contributed by atoms with Crippen LogP contribution >= 0.6 is 0 Å². The highest BCUT2D eigenvalue weighted by molar-refractivity contribution is 5.80. The Morgan fingerprint density at radius 1 is 1.28 bits per heavy atom. The number of nitrogen functional groups attached to an aromatic ring is 1. The van der Waals surface area contributed by atoms with Crippen molar-refractivity contribution in [1.29, 1.82) is 0 Å². The fraction of sp³-hybridized carbons (Fsp3) is 0.500. The van der Waals surface area contributed by atoms with E-state index in [9.17, 15) is 9.18 Å². The third kappa shape index (κ3) is 3.29. The van der Waals surface area contributed by atoms with E-state index in [0.29, 0.717) is 17.4 Å². The van der Waals surface area contributed by atoms with Crippen molar-refractivity contribution in [3.63, 3.8) is 0 Å². The van der Waals surface area contributed by atoms with Crippen molar-refractivity contribution < 1.29 is 9.18 Å². The smallest absolute Gasteiger partial charge is 0.150 e. The number of rotatable bonds is 3. The fourth-order valence-corrected chi connectivity index (χ4v) is 1.61. The second-order valence-electron chi connectivity index (χ2n) is 4.54. The number of anilines is 1. The Morgan fingerprint density at radius 2 is 1.78 bits per heavy atom. The van der Waals surface area contributed by atoms with E-state index in [2.05, 4.69) is 0 Å². The molecule has 0 fully saturated rings. The van der Waals surface area contributed by atoms with E-state index >= 15 is 0 Å². The quantitative estimate of drug-likeness (QED) is 0.666. The number of aldehydes is 1. The molecule has 0 atom stereocenters. The number of halogens is 1. The standard InChI is InChI=1S/C12H17FN2O.C2H6/c1-12(2,15(3)4)11-8(7-16)5-9(14)6-10(11)13;1-2/h5-7H,14H2,1-4H3;1-2H3. The van der Waals surface area contributed by atoms with Gasteiger partial charge in [0.2, 0.25) is 0 Å². The first-order valence-electron chi connectivity index (χ1n) is 6.02. The molecule has 102 valence electrons. The van der Waals surface area contributed by atoms with Gasteiger partial charge in [-0.15, -0.1) is 0 Å². The van der Waals surface area contributed by atoms with Gasteiger partial charge >= 0.3 is 0 Å². The molecular formula is C14H23FN2O. The van der Waals surface area contributed by atoms with Crippen LogP contribution in [0.25, 0.3) is 0 Å². The Kier molecular flexibility index (Phi) is 5.98. The van der Waals surface area contributed by atoms with Crippen LogP contribution in [0.1, 0.15) is 43.6 Å². The molecule has 0 heterocycles. The molecule has 1 aromatic rings. The lowest BCUT2D eigenvalue weighted by molar-refractivity contribution is 0.111. The second kappa shape index (κ2) is 6.50. The minimum atomic E-state index is -0.561. The number of nitrogens with zero attached hydrogens (tertiary/aromatic N) is 1. The van der Waals surface area contributed by atoms with Crippen molar-refractivity contribution in [2.45, 2.75) is 33.2 Å². The minimum Gasteiger partial charge on any atom is -0.399 e. The lowest BCUT2D eigenvalue weighted by Crippen LogP contribution is -2.37. The van der Waals surface area contributed by atoms with E-state index in [4.69, 9.17) is 5.73 Å². The molecule has 0 bridgehead atoms. The molecule has 4 heteroatoms. The highest BCUT2D eigenvalue weighted by Gasteiger charge is 2.29. The molecular weight excluding hydrogens is 231 g/mol. The normalized spacial score (nSPS) is 10.9. The van der Waals surface area contributed by atoms with Crippen molar-refractivity contribution in [2.75, 3.05) is 19.8 Å². The Bertz CT molecular complexity index is 415. The Morgan fingerprint density at radius 3 is 2.17 bits per heavy atom. The molecule has 1 rings (SSSR count). The van der Waals surface area contributed by atoms with Crippen molar-refractivity contribution in [3.05, 3.63) is 29.1 Å². The number of nitrogens with two attached hydrogens (primary N) is 1. The van der Waals surface area contributed by atoms with Crippen LogP contribution in [0.2, 0.25) is 0 Å². The van der Waals surface area contributed by atoms with E-state index < -0.39 is 11.4 Å². The lowest BCUT2D eigenvalue weighted by atomic mass is 9.88. The molecule has 0 unspecified atom stereocenters. The predicted octanol–water partition coefficient (Wildman–Crippen LogP) is 3.04. The van der Waals surface area contributed by atoms with Crippen molar-refractivity contribution in [2.24, 2.45) is 0 Å². The van der Waals surface area contributed by atoms with Gasteiger partial charge in [0, 0.05) is 22.4 Å². The van der Waals surface area contributed by atoms with Crippen LogP contribution in [0.4, 0.5) is 10.1 Å². The maximum atomic E-state index is 13.9. The van der Waals surface area contributed by atoms with Gasteiger partial charge in [0.25, 0.3) is 0 Å². The van der Waals surface area contributed by atoms with Crippen LogP contribution in [-0.4, -0.2) is 25.3 Å². The highest BCUT2D eigenvalue weighted by Crippen LogP contribution is 2.31. The van der Waals surface area contributed by atoms with E-state index in [1.807, 2.05) is 46.7 Å². The van der Waals surface area contributed by atoms with E-state index in [-0.39, 0.29) is 5.69 Å². The third-order valence-electron chi connectivity index (χ3n) is 3.00. The first kappa shape index (κ1) is 16.6. The summed E-state index contributed by atoms with van der Waals surface area (Å²) in [5.41, 5.74) is 5.89. The van der Waals surface area contributed by atoms with Crippen LogP contribution < -0.4 is 5.73 Å². The number of hydrogen-bond donors (Lipinski definition) is 1. The van der Waals surface area contributed by atoms with Gasteiger partial charge in [-0.1, -0.05) is 13.8 Å². The number of hydrogen-bond acceptors (Lipinski definition) is 3. The first-order valence-corrected chi connectivity index (χ1v) is 6.02. The Labute approximate surface area is 109 Å². The second-order valence-corrected chi connectivity index (χ2v) is 4.54. The zero-order valence-corrected chi connectivity index (χ0v) is 12.0. The zero-order chi connectivity index (χ0) is 14.5. The van der Waals surface area contributed by atoms with Gasteiger partial charge in [-0.25, -0.2) is 4.39 Å². The maximum Gasteiger partial charge on any atom is 0.150 e. The van der Waals surface area contributed by atoms with Crippen LogP contribution in [0.3, 0.4) is 0 Å². The summed E-state index contributed by atoms with van der Waals surface area (Å²) in [7, 11) is 3.68. The predicted molar refractivity (Wildman–Crippen MR) is 74.3 cm³/mol. The molecule has 0 aliphatic rings. The van der Waals surface area contributed by atoms with Crippen molar-refractivity contribution in [1.82, 2.24) is 4.90 Å². The summed E-state index contributed by atoms with van der Waals surface area (Å²) in [6.45, 7) is 7.71. The molecule has 0 saturated carbocycles. The molecule has 0 amide bonds. The number of carbonyl (C=O) groups excluding carboxylic acids is 1. The molecule has 3 nitrogen and oxygen atoms in total. The molecule has 0 spiro atoms. The van der Waals surface area contributed by atoms with E-state index in [1.165, 1.54) is 12.1 Å². The van der Waals surface area contributed by atoms with E-state index in [1.54, 1.807) is 0 Å². The summed E-state index contributed by atoms with van der Waals surface area (Å²) >= 11 is 0. The highest BCUT2D eigenvalue weighted by atomic mass is 19.1. The average molecular weight is 254 g/mol. The van der Waals surface area contributed by atoms with Crippen LogP contribution in [0.15, 0.2) is 12.1 Å². The third-order valence-corrected chi connectivity index (χ3v) is 3.00. The first-order chi connectivity index (χ1) is 8.30. The summed E-state index contributed by atoms with van der Waals surface area (Å²) in [6.07, 6.45) is 0.639. The molecule has 0 aliphatic heterocycles. The zero-order valence-electron chi connectivity index (χ0n) is 12.0. The van der Waals surface area contributed by atoms with Gasteiger partial charge in [0.05, 0.1) is 0 Å². The lowest BCUT2D eigenvalue weighted by Gasteiger charge is -2.34. The molecule has 0 aliphatic carbocycles. The molecule has 0 radical (unpaired) electrons. The molecule has 1 aromatic carbocycles. The summed E-state index contributed by atoms with van der Waals surface area (Å²) in [4.78, 5) is 12.8. The van der Waals surface area contributed by atoms with Gasteiger partial charge in [-0.3, -0.25) is 4.79 Å². The summed E-state index contributed by atoms with van der Waals surface area (Å²) in [6, 6.07) is 2.74. The molecule has 0 aromatic heterocycles. The van der Waals surface area contributed by atoms with Gasteiger partial charge in [0.1, 0.15) is 5.82 Å². The molecule has 0 saturated heterocycles. The van der Waals surface area contributed by atoms with Crippen LogP contribution in [0.5, 0.6) is 0 Å². The van der Waals surface area contributed by atoms with Gasteiger partial charge in [-0.05, 0) is 40.1 Å². The van der Waals surface area contributed by atoms with Gasteiger partial charge < -0.3 is 10.6 Å². The summed E-state index contributed by atoms with van der Waals surface area (Å²) in [5, 5.41) is 0. The van der Waals surface area contributed by atoms with Gasteiger partial charge in [-0.2, -0.15) is 0 Å². The molecule has 18 heavy (non-hydrogen) atoms. The summed E-state index contributed by atoms with van der Waals surface area (Å²) in [5.74, 6) is -0.444.